The van der Waals surface area contributed by atoms with E-state index in [-0.39, 0.29) is 5.69 Å². The molecule has 0 radical (unpaired) electrons. The summed E-state index contributed by atoms with van der Waals surface area (Å²) in [7, 11) is 0. The van der Waals surface area contributed by atoms with Crippen LogP contribution in [0.25, 0.3) is 0 Å². The number of hydrogen-bond acceptors (Lipinski definition) is 3. The fourth-order valence-electron chi connectivity index (χ4n) is 1.91. The van der Waals surface area contributed by atoms with Crippen molar-refractivity contribution in [1.82, 2.24) is 0 Å². The molecule has 4 heteroatoms. The summed E-state index contributed by atoms with van der Waals surface area (Å²) in [5.41, 5.74) is 2.06. The highest BCUT2D eigenvalue weighted by molar-refractivity contribution is 5.45. The lowest BCUT2D eigenvalue weighted by atomic mass is 10.0. The average molecular weight is 271 g/mol. The highest BCUT2D eigenvalue weighted by Gasteiger charge is 2.09. The molecule has 0 bridgehead atoms. The first-order valence-corrected chi connectivity index (χ1v) is 6.50. The highest BCUT2D eigenvalue weighted by Crippen LogP contribution is 2.28. The SMILES string of the molecule is Cc1cc([N+](=O)[O-])ccc1Oc1ccc(C(C)C)cc1. The zero-order valence-corrected chi connectivity index (χ0v) is 11.8. The first-order chi connectivity index (χ1) is 9.47. The molecule has 2 aromatic carbocycles. The van der Waals surface area contributed by atoms with Gasteiger partial charge in [-0.1, -0.05) is 26.0 Å². The molecule has 0 unspecified atom stereocenters. The van der Waals surface area contributed by atoms with Crippen LogP contribution in [0.1, 0.15) is 30.9 Å². The van der Waals surface area contributed by atoms with Crippen LogP contribution in [0.15, 0.2) is 42.5 Å². The van der Waals surface area contributed by atoms with Gasteiger partial charge in [0.1, 0.15) is 11.5 Å². The second-order valence-corrected chi connectivity index (χ2v) is 5.03. The van der Waals surface area contributed by atoms with E-state index in [4.69, 9.17) is 4.74 Å². The van der Waals surface area contributed by atoms with Crippen molar-refractivity contribution in [1.29, 1.82) is 0 Å². The molecule has 2 aromatic rings. The maximum atomic E-state index is 10.7. The number of rotatable bonds is 4. The summed E-state index contributed by atoms with van der Waals surface area (Å²) >= 11 is 0. The quantitative estimate of drug-likeness (QED) is 0.591. The number of aryl methyl sites for hydroxylation is 1. The highest BCUT2D eigenvalue weighted by atomic mass is 16.6. The fourth-order valence-corrected chi connectivity index (χ4v) is 1.91. The second kappa shape index (κ2) is 5.74. The Kier molecular flexibility index (Phi) is 4.03. The molecular formula is C16H17NO3. The molecule has 0 saturated carbocycles. The van der Waals surface area contributed by atoms with Crippen LogP contribution in [0, 0.1) is 17.0 Å². The van der Waals surface area contributed by atoms with E-state index < -0.39 is 4.92 Å². The third-order valence-electron chi connectivity index (χ3n) is 3.14. The van der Waals surface area contributed by atoms with Gasteiger partial charge in [0, 0.05) is 12.1 Å². The van der Waals surface area contributed by atoms with E-state index in [1.807, 2.05) is 24.3 Å². The molecule has 0 atom stereocenters. The molecule has 0 amide bonds. The molecule has 20 heavy (non-hydrogen) atoms. The van der Waals surface area contributed by atoms with Crippen LogP contribution in [-0.2, 0) is 0 Å². The second-order valence-electron chi connectivity index (χ2n) is 5.03. The largest absolute Gasteiger partial charge is 0.457 e. The van der Waals surface area contributed by atoms with Gasteiger partial charge in [-0.15, -0.1) is 0 Å². The molecule has 0 N–H and O–H groups in total. The lowest BCUT2D eigenvalue weighted by Gasteiger charge is -2.10. The van der Waals surface area contributed by atoms with Crippen molar-refractivity contribution in [2.45, 2.75) is 26.7 Å². The summed E-state index contributed by atoms with van der Waals surface area (Å²) in [6, 6.07) is 12.5. The van der Waals surface area contributed by atoms with Crippen LogP contribution >= 0.6 is 0 Å². The Labute approximate surface area is 118 Å². The van der Waals surface area contributed by atoms with Crippen LogP contribution < -0.4 is 4.74 Å². The minimum atomic E-state index is -0.409. The summed E-state index contributed by atoms with van der Waals surface area (Å²) in [6.07, 6.45) is 0. The van der Waals surface area contributed by atoms with E-state index in [0.29, 0.717) is 11.7 Å². The summed E-state index contributed by atoms with van der Waals surface area (Å²) in [4.78, 5) is 10.3. The molecular weight excluding hydrogens is 254 g/mol. The van der Waals surface area contributed by atoms with Crippen LogP contribution in [0.3, 0.4) is 0 Å². The van der Waals surface area contributed by atoms with E-state index in [0.717, 1.165) is 11.3 Å². The lowest BCUT2D eigenvalue weighted by molar-refractivity contribution is -0.384. The molecule has 0 aliphatic carbocycles. The van der Waals surface area contributed by atoms with Gasteiger partial charge in [0.2, 0.25) is 0 Å². The number of nitro benzene ring substituents is 1. The first-order valence-electron chi connectivity index (χ1n) is 6.50. The van der Waals surface area contributed by atoms with Gasteiger partial charge in [-0.05, 0) is 42.2 Å². The third-order valence-corrected chi connectivity index (χ3v) is 3.14. The fraction of sp³-hybridized carbons (Fsp3) is 0.250. The van der Waals surface area contributed by atoms with Crippen molar-refractivity contribution in [3.05, 3.63) is 63.7 Å². The smallest absolute Gasteiger partial charge is 0.269 e. The van der Waals surface area contributed by atoms with E-state index >= 15 is 0 Å². The normalized spacial score (nSPS) is 10.6. The Morgan fingerprint density at radius 3 is 2.25 bits per heavy atom. The molecule has 0 aliphatic rings. The summed E-state index contributed by atoms with van der Waals surface area (Å²) < 4.78 is 5.76. The molecule has 0 aliphatic heterocycles. The van der Waals surface area contributed by atoms with Gasteiger partial charge in [0.25, 0.3) is 5.69 Å². The van der Waals surface area contributed by atoms with Gasteiger partial charge >= 0.3 is 0 Å². The van der Waals surface area contributed by atoms with Crippen molar-refractivity contribution in [3.8, 4) is 11.5 Å². The predicted molar refractivity (Wildman–Crippen MR) is 78.4 cm³/mol. The third kappa shape index (κ3) is 3.15. The molecule has 0 spiro atoms. The molecule has 4 nitrogen and oxygen atoms in total. The number of benzene rings is 2. The summed E-state index contributed by atoms with van der Waals surface area (Å²) in [6.45, 7) is 6.07. The van der Waals surface area contributed by atoms with Crippen LogP contribution in [-0.4, -0.2) is 4.92 Å². The zero-order chi connectivity index (χ0) is 14.7. The van der Waals surface area contributed by atoms with Crippen molar-refractivity contribution in [2.75, 3.05) is 0 Å². The molecule has 0 fully saturated rings. The van der Waals surface area contributed by atoms with Gasteiger partial charge in [0.15, 0.2) is 0 Å². The Balaban J connectivity index is 2.19. The summed E-state index contributed by atoms with van der Waals surface area (Å²) in [5, 5.41) is 10.7. The van der Waals surface area contributed by atoms with Crippen molar-refractivity contribution < 1.29 is 9.66 Å². The van der Waals surface area contributed by atoms with Crippen molar-refractivity contribution >= 4 is 5.69 Å². The Hall–Kier alpha value is -2.36. The van der Waals surface area contributed by atoms with Crippen molar-refractivity contribution in [3.63, 3.8) is 0 Å². The van der Waals surface area contributed by atoms with Gasteiger partial charge in [-0.3, -0.25) is 10.1 Å². The number of hydrogen-bond donors (Lipinski definition) is 0. The van der Waals surface area contributed by atoms with E-state index in [1.165, 1.54) is 17.7 Å². The topological polar surface area (TPSA) is 52.4 Å². The van der Waals surface area contributed by atoms with E-state index in [9.17, 15) is 10.1 Å². The predicted octanol–water partition coefficient (Wildman–Crippen LogP) is 4.82. The molecule has 0 heterocycles. The molecule has 104 valence electrons. The van der Waals surface area contributed by atoms with E-state index in [2.05, 4.69) is 13.8 Å². The average Bonchev–Trinajstić information content (AvgIpc) is 2.41. The van der Waals surface area contributed by atoms with Gasteiger partial charge < -0.3 is 4.74 Å². The molecule has 0 saturated heterocycles. The summed E-state index contributed by atoms with van der Waals surface area (Å²) in [5.74, 6) is 1.84. The van der Waals surface area contributed by atoms with Crippen LogP contribution in [0.2, 0.25) is 0 Å². The molecule has 2 rings (SSSR count). The number of nitro groups is 1. The maximum Gasteiger partial charge on any atom is 0.269 e. The number of non-ortho nitro benzene ring substituents is 1. The number of ether oxygens (including phenoxy) is 1. The monoisotopic (exact) mass is 271 g/mol. The standard InChI is InChI=1S/C16H17NO3/c1-11(2)13-4-7-15(8-5-13)20-16-9-6-14(17(18)19)10-12(16)3/h4-11H,1-3H3. The van der Waals surface area contributed by atoms with Gasteiger partial charge in [-0.25, -0.2) is 0 Å². The Morgan fingerprint density at radius 2 is 1.75 bits per heavy atom. The molecule has 0 aromatic heterocycles. The minimum Gasteiger partial charge on any atom is -0.457 e. The Bertz CT molecular complexity index is 618. The lowest BCUT2D eigenvalue weighted by Crippen LogP contribution is -1.92. The first kappa shape index (κ1) is 14.1. The van der Waals surface area contributed by atoms with Gasteiger partial charge in [-0.2, -0.15) is 0 Å². The van der Waals surface area contributed by atoms with Crippen LogP contribution in [0.5, 0.6) is 11.5 Å². The Morgan fingerprint density at radius 1 is 1.10 bits per heavy atom. The van der Waals surface area contributed by atoms with Gasteiger partial charge in [0.05, 0.1) is 4.92 Å². The van der Waals surface area contributed by atoms with Crippen molar-refractivity contribution in [2.24, 2.45) is 0 Å². The van der Waals surface area contributed by atoms with E-state index in [1.54, 1.807) is 13.0 Å². The minimum absolute atomic E-state index is 0.0741. The maximum absolute atomic E-state index is 10.7. The van der Waals surface area contributed by atoms with Crippen LogP contribution in [0.4, 0.5) is 5.69 Å². The number of nitrogens with zero attached hydrogens (tertiary/aromatic N) is 1. The zero-order valence-electron chi connectivity index (χ0n) is 11.8.